The van der Waals surface area contributed by atoms with E-state index in [-0.39, 0.29) is 11.7 Å². The van der Waals surface area contributed by atoms with Gasteiger partial charge in [-0.15, -0.1) is 0 Å². The van der Waals surface area contributed by atoms with E-state index >= 15 is 0 Å². The first-order chi connectivity index (χ1) is 9.24. The number of rotatable bonds is 0. The maximum atomic E-state index is 13.0. The lowest BCUT2D eigenvalue weighted by Crippen LogP contribution is -2.17. The van der Waals surface area contributed by atoms with Gasteiger partial charge in [-0.1, -0.05) is 24.3 Å². The van der Waals surface area contributed by atoms with Crippen LogP contribution in [0, 0.1) is 17.8 Å². The third kappa shape index (κ3) is 2.21. The van der Waals surface area contributed by atoms with Gasteiger partial charge in [0.2, 0.25) is 0 Å². The molecule has 2 nitrogen and oxygen atoms in total. The molecule has 0 bridgehead atoms. The summed E-state index contributed by atoms with van der Waals surface area (Å²) < 4.78 is 13.0. The molecule has 0 fully saturated rings. The van der Waals surface area contributed by atoms with Gasteiger partial charge in [-0.05, 0) is 35.7 Å². The predicted molar refractivity (Wildman–Crippen MR) is 69.6 cm³/mol. The average molecular weight is 251 g/mol. The molecule has 19 heavy (non-hydrogen) atoms. The molecule has 1 aliphatic heterocycles. The molecule has 0 aliphatic carbocycles. The third-order valence-electron chi connectivity index (χ3n) is 2.98. The number of carbonyl (C=O) groups excluding carboxylic acids is 1. The van der Waals surface area contributed by atoms with Crippen molar-refractivity contribution in [3.8, 4) is 12.0 Å². The van der Waals surface area contributed by atoms with Crippen LogP contribution in [-0.4, -0.2) is 10.8 Å². The first-order valence-corrected chi connectivity index (χ1v) is 5.91. The standard InChI is InChI=1S/C16H10FNO/c17-14-6-3-4-12(10-14)8-9-18-11-13-5-1-2-7-15(13)16(18)19/h1-7,10H,11H2. The number of fused-ring (bicyclic) bond motifs is 1. The Morgan fingerprint density at radius 1 is 1.11 bits per heavy atom. The molecule has 0 aromatic heterocycles. The van der Waals surface area contributed by atoms with E-state index in [4.69, 9.17) is 0 Å². The maximum absolute atomic E-state index is 13.0. The van der Waals surface area contributed by atoms with Gasteiger partial charge in [-0.2, -0.15) is 0 Å². The molecule has 2 aromatic rings. The van der Waals surface area contributed by atoms with Crippen molar-refractivity contribution in [1.82, 2.24) is 4.90 Å². The number of carbonyl (C=O) groups is 1. The molecule has 92 valence electrons. The smallest absolute Gasteiger partial charge is 0.266 e. The van der Waals surface area contributed by atoms with Crippen molar-refractivity contribution in [3.63, 3.8) is 0 Å². The number of halogens is 1. The van der Waals surface area contributed by atoms with Crippen LogP contribution >= 0.6 is 0 Å². The van der Waals surface area contributed by atoms with Crippen molar-refractivity contribution in [2.45, 2.75) is 6.54 Å². The fraction of sp³-hybridized carbons (Fsp3) is 0.0625. The molecule has 3 heteroatoms. The van der Waals surface area contributed by atoms with Crippen molar-refractivity contribution in [2.75, 3.05) is 0 Å². The Morgan fingerprint density at radius 3 is 2.74 bits per heavy atom. The molecular formula is C16H10FNO. The lowest BCUT2D eigenvalue weighted by molar-refractivity contribution is 0.0854. The van der Waals surface area contributed by atoms with Crippen molar-refractivity contribution < 1.29 is 9.18 Å². The average Bonchev–Trinajstić information content (AvgIpc) is 2.74. The van der Waals surface area contributed by atoms with Crippen molar-refractivity contribution in [3.05, 3.63) is 71.0 Å². The minimum absolute atomic E-state index is 0.0977. The Bertz CT molecular complexity index is 712. The summed E-state index contributed by atoms with van der Waals surface area (Å²) in [7, 11) is 0. The highest BCUT2D eigenvalue weighted by Gasteiger charge is 2.25. The molecule has 1 aliphatic rings. The van der Waals surface area contributed by atoms with Gasteiger partial charge in [-0.25, -0.2) is 4.39 Å². The van der Waals surface area contributed by atoms with E-state index < -0.39 is 0 Å². The molecule has 1 amide bonds. The first-order valence-electron chi connectivity index (χ1n) is 5.91. The number of benzene rings is 2. The topological polar surface area (TPSA) is 20.3 Å². The van der Waals surface area contributed by atoms with Crippen LogP contribution < -0.4 is 0 Å². The lowest BCUT2D eigenvalue weighted by atomic mass is 10.1. The van der Waals surface area contributed by atoms with Crippen LogP contribution in [0.15, 0.2) is 48.5 Å². The quantitative estimate of drug-likeness (QED) is 0.659. The summed E-state index contributed by atoms with van der Waals surface area (Å²) in [5.41, 5.74) is 2.22. The SMILES string of the molecule is O=C1c2ccccc2CN1C#Cc1cccc(F)c1. The second-order valence-electron chi connectivity index (χ2n) is 4.30. The van der Waals surface area contributed by atoms with E-state index in [1.165, 1.54) is 17.0 Å². The number of amides is 1. The molecule has 0 N–H and O–H groups in total. The minimum atomic E-state index is -0.331. The summed E-state index contributed by atoms with van der Waals surface area (Å²) in [5, 5.41) is 0. The monoisotopic (exact) mass is 251 g/mol. The molecule has 0 atom stereocenters. The summed E-state index contributed by atoms with van der Waals surface area (Å²) in [6.45, 7) is 0.483. The maximum Gasteiger partial charge on any atom is 0.266 e. The fourth-order valence-electron chi connectivity index (χ4n) is 2.04. The molecular weight excluding hydrogens is 241 g/mol. The van der Waals surface area contributed by atoms with Gasteiger partial charge in [0.15, 0.2) is 0 Å². The molecule has 0 radical (unpaired) electrons. The number of hydrogen-bond donors (Lipinski definition) is 0. The summed E-state index contributed by atoms with van der Waals surface area (Å²) in [6.07, 6.45) is 0. The van der Waals surface area contributed by atoms with E-state index in [1.807, 2.05) is 18.2 Å². The number of hydrogen-bond acceptors (Lipinski definition) is 1. The highest BCUT2D eigenvalue weighted by atomic mass is 19.1. The summed E-state index contributed by atoms with van der Waals surface area (Å²) in [4.78, 5) is 13.5. The van der Waals surface area contributed by atoms with E-state index in [9.17, 15) is 9.18 Å². The third-order valence-corrected chi connectivity index (χ3v) is 2.98. The molecule has 0 spiro atoms. The first kappa shape index (κ1) is 11.5. The lowest BCUT2D eigenvalue weighted by Gasteiger charge is -2.04. The van der Waals surface area contributed by atoms with Gasteiger partial charge >= 0.3 is 0 Å². The highest BCUT2D eigenvalue weighted by Crippen LogP contribution is 2.21. The van der Waals surface area contributed by atoms with Crippen molar-refractivity contribution in [2.24, 2.45) is 0 Å². The van der Waals surface area contributed by atoms with Crippen LogP contribution in [0.5, 0.6) is 0 Å². The van der Waals surface area contributed by atoms with Gasteiger partial charge in [0.1, 0.15) is 5.82 Å². The Hall–Kier alpha value is -2.60. The summed E-state index contributed by atoms with van der Waals surface area (Å²) in [5.74, 6) is 2.38. The molecule has 3 rings (SSSR count). The summed E-state index contributed by atoms with van der Waals surface area (Å²) in [6, 6.07) is 16.2. The van der Waals surface area contributed by atoms with E-state index in [1.54, 1.807) is 18.2 Å². The van der Waals surface area contributed by atoms with Crippen molar-refractivity contribution in [1.29, 1.82) is 0 Å². The molecule has 2 aromatic carbocycles. The minimum Gasteiger partial charge on any atom is -0.268 e. The predicted octanol–water partition coefficient (Wildman–Crippen LogP) is 2.79. The zero-order chi connectivity index (χ0) is 13.2. The van der Waals surface area contributed by atoms with Crippen LogP contribution in [-0.2, 0) is 6.54 Å². The van der Waals surface area contributed by atoms with Crippen LogP contribution in [0.4, 0.5) is 4.39 Å². The molecule has 1 heterocycles. The Balaban J connectivity index is 1.86. The molecule has 0 saturated carbocycles. The normalized spacial score (nSPS) is 12.9. The highest BCUT2D eigenvalue weighted by molar-refractivity contribution is 5.99. The van der Waals surface area contributed by atoms with Gasteiger partial charge in [0.05, 0.1) is 6.54 Å². The second kappa shape index (κ2) is 4.58. The van der Waals surface area contributed by atoms with E-state index in [0.29, 0.717) is 17.7 Å². The second-order valence-corrected chi connectivity index (χ2v) is 4.30. The van der Waals surface area contributed by atoms with Gasteiger partial charge in [-0.3, -0.25) is 9.69 Å². The zero-order valence-electron chi connectivity index (χ0n) is 10.1. The van der Waals surface area contributed by atoms with Gasteiger partial charge in [0, 0.05) is 17.2 Å². The molecule has 0 saturated heterocycles. The van der Waals surface area contributed by atoms with E-state index in [0.717, 1.165) is 5.56 Å². The molecule has 0 unspecified atom stereocenters. The Morgan fingerprint density at radius 2 is 1.95 bits per heavy atom. The zero-order valence-corrected chi connectivity index (χ0v) is 10.1. The van der Waals surface area contributed by atoms with Crippen LogP contribution in [0.3, 0.4) is 0 Å². The van der Waals surface area contributed by atoms with Crippen molar-refractivity contribution >= 4 is 5.91 Å². The number of nitrogens with zero attached hydrogens (tertiary/aromatic N) is 1. The Kier molecular flexibility index (Phi) is 2.77. The van der Waals surface area contributed by atoms with Crippen LogP contribution in [0.2, 0.25) is 0 Å². The summed E-state index contributed by atoms with van der Waals surface area (Å²) >= 11 is 0. The van der Waals surface area contributed by atoms with E-state index in [2.05, 4.69) is 12.0 Å². The fourth-order valence-corrected chi connectivity index (χ4v) is 2.04. The van der Waals surface area contributed by atoms with Gasteiger partial charge < -0.3 is 0 Å². The van der Waals surface area contributed by atoms with Crippen LogP contribution in [0.1, 0.15) is 21.5 Å². The van der Waals surface area contributed by atoms with Crippen LogP contribution in [0.25, 0.3) is 0 Å². The van der Waals surface area contributed by atoms with Gasteiger partial charge in [0.25, 0.3) is 5.91 Å². The Labute approximate surface area is 110 Å². The largest absolute Gasteiger partial charge is 0.268 e.